The Hall–Kier alpha value is -1.80. The molecule has 0 bridgehead atoms. The van der Waals surface area contributed by atoms with E-state index in [-0.39, 0.29) is 23.6 Å². The normalized spacial score (nSPS) is 22.6. The Morgan fingerprint density at radius 2 is 2.12 bits per heavy atom. The lowest BCUT2D eigenvalue weighted by molar-refractivity contribution is -0.159. The highest BCUT2D eigenvalue weighted by atomic mass is 32.2. The van der Waals surface area contributed by atoms with E-state index in [2.05, 4.69) is 5.32 Å². The van der Waals surface area contributed by atoms with E-state index in [0.717, 1.165) is 10.5 Å². The number of fused-ring (bicyclic) bond motifs is 1. The summed E-state index contributed by atoms with van der Waals surface area (Å²) in [7, 11) is 0. The summed E-state index contributed by atoms with van der Waals surface area (Å²) < 4.78 is 5.45. The molecule has 1 aromatic rings. The number of ether oxygens (including phenoxy) is 1. The van der Waals surface area contributed by atoms with Gasteiger partial charge in [-0.15, -0.1) is 23.1 Å². The lowest BCUT2D eigenvalue weighted by Crippen LogP contribution is -2.70. The third-order valence-corrected chi connectivity index (χ3v) is 6.28. The molecule has 2 amide bonds. The number of hydrogen-bond donors (Lipinski definition) is 1. The quantitative estimate of drug-likeness (QED) is 0.626. The zero-order chi connectivity index (χ0) is 19.1. The van der Waals surface area contributed by atoms with E-state index in [1.54, 1.807) is 32.5 Å². The van der Waals surface area contributed by atoms with E-state index < -0.39 is 17.6 Å². The summed E-state index contributed by atoms with van der Waals surface area (Å²) in [5.41, 5.74) is 0.502. The van der Waals surface area contributed by atoms with Crippen molar-refractivity contribution in [3.05, 3.63) is 33.7 Å². The van der Waals surface area contributed by atoms with Crippen LogP contribution >= 0.6 is 23.1 Å². The highest BCUT2D eigenvalue weighted by Crippen LogP contribution is 2.40. The van der Waals surface area contributed by atoms with Crippen molar-refractivity contribution in [3.8, 4) is 0 Å². The Bertz CT molecular complexity index is 765. The first kappa shape index (κ1) is 19.0. The van der Waals surface area contributed by atoms with Crippen LogP contribution in [0.2, 0.25) is 0 Å². The molecule has 26 heavy (non-hydrogen) atoms. The number of rotatable bonds is 4. The number of nitrogens with zero attached hydrogens (tertiary/aromatic N) is 1. The van der Waals surface area contributed by atoms with Crippen LogP contribution in [0.1, 0.15) is 32.6 Å². The van der Waals surface area contributed by atoms with Gasteiger partial charge in [0.2, 0.25) is 5.91 Å². The number of carbonyl (C=O) groups excluding carboxylic acids is 3. The smallest absolute Gasteiger partial charge is 0.355 e. The van der Waals surface area contributed by atoms with E-state index in [4.69, 9.17) is 4.74 Å². The number of esters is 1. The van der Waals surface area contributed by atoms with Crippen LogP contribution < -0.4 is 5.32 Å². The van der Waals surface area contributed by atoms with Crippen LogP contribution in [-0.4, -0.2) is 45.5 Å². The minimum Gasteiger partial charge on any atom is -0.455 e. The van der Waals surface area contributed by atoms with Crippen LogP contribution in [0.5, 0.6) is 0 Å². The number of thioether (sulfide) groups is 1. The molecule has 140 valence electrons. The van der Waals surface area contributed by atoms with Crippen molar-refractivity contribution in [1.82, 2.24) is 10.2 Å². The first-order chi connectivity index (χ1) is 12.2. The van der Waals surface area contributed by atoms with E-state index in [0.29, 0.717) is 11.4 Å². The van der Waals surface area contributed by atoms with Gasteiger partial charge in [-0.2, -0.15) is 0 Å². The van der Waals surface area contributed by atoms with Crippen molar-refractivity contribution in [2.45, 2.75) is 51.1 Å². The average Bonchev–Trinajstić information content (AvgIpc) is 3.03. The highest BCUT2D eigenvalue weighted by molar-refractivity contribution is 8.00. The summed E-state index contributed by atoms with van der Waals surface area (Å²) in [6, 6.07) is 3.18. The summed E-state index contributed by atoms with van der Waals surface area (Å²) in [4.78, 5) is 39.8. The van der Waals surface area contributed by atoms with Crippen molar-refractivity contribution in [2.75, 3.05) is 5.75 Å². The summed E-state index contributed by atoms with van der Waals surface area (Å²) in [6.07, 6.45) is 0.257. The molecule has 3 rings (SSSR count). The maximum atomic E-state index is 12.6. The van der Waals surface area contributed by atoms with Crippen LogP contribution in [0, 0.1) is 0 Å². The van der Waals surface area contributed by atoms with Crippen LogP contribution in [0.25, 0.3) is 0 Å². The minimum atomic E-state index is -0.632. The third-order valence-electron chi connectivity index (χ3n) is 3.98. The molecule has 0 saturated carbocycles. The lowest BCUT2D eigenvalue weighted by atomic mass is 10.0. The number of β-lactam (4-membered cyclic amide) rings is 1. The molecule has 0 aliphatic carbocycles. The first-order valence-electron chi connectivity index (χ1n) is 8.37. The standard InChI is InChI=1S/C18H22N2O4S2/c1-10-9-26-16-13(19-12(21)8-11-6-5-7-25-11)15(22)20(16)14(10)17(23)24-18(2,3)4/h5-7,13,16H,8-9H2,1-4H3,(H,19,21)/t13?,16-/m1/s1. The number of amides is 2. The number of thiophene rings is 1. The molecule has 8 heteroatoms. The van der Waals surface area contributed by atoms with Crippen molar-refractivity contribution in [1.29, 1.82) is 0 Å². The Morgan fingerprint density at radius 3 is 2.73 bits per heavy atom. The molecule has 1 N–H and O–H groups in total. The van der Waals surface area contributed by atoms with Gasteiger partial charge in [-0.3, -0.25) is 14.5 Å². The number of hydrogen-bond acceptors (Lipinski definition) is 6. The molecule has 2 aliphatic heterocycles. The van der Waals surface area contributed by atoms with Gasteiger partial charge < -0.3 is 10.1 Å². The third kappa shape index (κ3) is 3.81. The highest BCUT2D eigenvalue weighted by Gasteiger charge is 2.54. The fourth-order valence-electron chi connectivity index (χ4n) is 2.88. The van der Waals surface area contributed by atoms with Crippen molar-refractivity contribution in [3.63, 3.8) is 0 Å². The number of nitrogens with one attached hydrogen (secondary N) is 1. The Labute approximate surface area is 161 Å². The number of carbonyl (C=O) groups is 3. The van der Waals surface area contributed by atoms with Crippen LogP contribution in [0.3, 0.4) is 0 Å². The summed E-state index contributed by atoms with van der Waals surface area (Å²) >= 11 is 3.06. The zero-order valence-corrected chi connectivity index (χ0v) is 16.8. The molecule has 2 aliphatic rings. The van der Waals surface area contributed by atoms with Gasteiger partial charge >= 0.3 is 5.97 Å². The molecule has 0 aromatic carbocycles. The zero-order valence-electron chi connectivity index (χ0n) is 15.2. The summed E-state index contributed by atoms with van der Waals surface area (Å²) in [6.45, 7) is 7.21. The predicted molar refractivity (Wildman–Crippen MR) is 102 cm³/mol. The van der Waals surface area contributed by atoms with Gasteiger partial charge in [0.15, 0.2) is 0 Å². The van der Waals surface area contributed by atoms with Gasteiger partial charge in [-0.25, -0.2) is 4.79 Å². The van der Waals surface area contributed by atoms with Crippen molar-refractivity contribution in [2.24, 2.45) is 0 Å². The SMILES string of the molecule is CC1=C(C(=O)OC(C)(C)C)N2C(=O)C(NC(=O)Cc3cccs3)[C@H]2SC1. The molecule has 0 radical (unpaired) electrons. The fourth-order valence-corrected chi connectivity index (χ4v) is 4.88. The van der Waals surface area contributed by atoms with Gasteiger partial charge in [0.25, 0.3) is 5.91 Å². The second-order valence-corrected chi connectivity index (χ2v) is 9.48. The van der Waals surface area contributed by atoms with Gasteiger partial charge in [-0.05, 0) is 44.7 Å². The molecule has 6 nitrogen and oxygen atoms in total. The molecule has 1 aromatic heterocycles. The second-order valence-electron chi connectivity index (χ2n) is 7.34. The van der Waals surface area contributed by atoms with Crippen molar-refractivity contribution >= 4 is 40.9 Å². The summed E-state index contributed by atoms with van der Waals surface area (Å²) in [5.74, 6) is -0.310. The van der Waals surface area contributed by atoms with Gasteiger partial charge in [-0.1, -0.05) is 6.07 Å². The largest absolute Gasteiger partial charge is 0.455 e. The van der Waals surface area contributed by atoms with Crippen molar-refractivity contribution < 1.29 is 19.1 Å². The lowest BCUT2D eigenvalue weighted by Gasteiger charge is -2.49. The second kappa shape index (κ2) is 7.08. The van der Waals surface area contributed by atoms with Crippen LogP contribution in [0.15, 0.2) is 28.8 Å². The molecule has 3 heterocycles. The van der Waals surface area contributed by atoms with E-state index in [1.807, 2.05) is 24.4 Å². The topological polar surface area (TPSA) is 75.7 Å². The maximum absolute atomic E-state index is 12.6. The molecule has 1 saturated heterocycles. The molecule has 1 unspecified atom stereocenters. The van der Waals surface area contributed by atoms with E-state index in [1.165, 1.54) is 16.2 Å². The predicted octanol–water partition coefficient (Wildman–Crippen LogP) is 2.31. The Balaban J connectivity index is 1.68. The molecule has 0 spiro atoms. The molecular weight excluding hydrogens is 372 g/mol. The molecular formula is C18H22N2O4S2. The van der Waals surface area contributed by atoms with Gasteiger partial charge in [0.1, 0.15) is 22.7 Å². The Morgan fingerprint density at radius 1 is 1.38 bits per heavy atom. The van der Waals surface area contributed by atoms with E-state index in [9.17, 15) is 14.4 Å². The van der Waals surface area contributed by atoms with Gasteiger partial charge in [0, 0.05) is 10.6 Å². The molecule has 2 atom stereocenters. The Kier molecular flexibility index (Phi) is 5.16. The maximum Gasteiger partial charge on any atom is 0.355 e. The monoisotopic (exact) mass is 394 g/mol. The van der Waals surface area contributed by atoms with Gasteiger partial charge in [0.05, 0.1) is 6.42 Å². The van der Waals surface area contributed by atoms with E-state index >= 15 is 0 Å². The minimum absolute atomic E-state index is 0.184. The fraction of sp³-hybridized carbons (Fsp3) is 0.500. The first-order valence-corrected chi connectivity index (χ1v) is 10.3. The van der Waals surface area contributed by atoms with Crippen LogP contribution in [-0.2, 0) is 25.5 Å². The average molecular weight is 395 g/mol. The summed E-state index contributed by atoms with van der Waals surface area (Å²) in [5, 5.41) is 4.46. The van der Waals surface area contributed by atoms with Crippen LogP contribution in [0.4, 0.5) is 0 Å². The molecule has 1 fully saturated rings.